The van der Waals surface area contributed by atoms with Gasteiger partial charge in [0.2, 0.25) is 0 Å². The van der Waals surface area contributed by atoms with Gasteiger partial charge in [-0.15, -0.1) is 0 Å². The Kier molecular flexibility index (Phi) is 4.52. The lowest BCUT2D eigenvalue weighted by Gasteiger charge is -2.37. The molecule has 1 saturated heterocycles. The molecule has 1 fully saturated rings. The van der Waals surface area contributed by atoms with Crippen molar-refractivity contribution in [3.63, 3.8) is 0 Å². The molecular formula is C14H22N4O. The van der Waals surface area contributed by atoms with Gasteiger partial charge in [-0.1, -0.05) is 18.2 Å². The van der Waals surface area contributed by atoms with Crippen molar-refractivity contribution in [2.75, 3.05) is 26.7 Å². The number of carbonyl (C=O) groups excluding carboxylic acids is 1. The van der Waals surface area contributed by atoms with Gasteiger partial charge in [0.25, 0.3) is 5.91 Å². The van der Waals surface area contributed by atoms with Crippen LogP contribution in [0.25, 0.3) is 0 Å². The van der Waals surface area contributed by atoms with Crippen molar-refractivity contribution in [2.45, 2.75) is 19.5 Å². The normalized spacial score (nSPS) is 21.3. The highest BCUT2D eigenvalue weighted by Gasteiger charge is 2.21. The zero-order valence-corrected chi connectivity index (χ0v) is 11.6. The average Bonchev–Trinajstić information content (AvgIpc) is 2.43. The second-order valence-electron chi connectivity index (χ2n) is 5.20. The third-order valence-corrected chi connectivity index (χ3v) is 3.83. The van der Waals surface area contributed by atoms with E-state index in [4.69, 9.17) is 5.84 Å². The first-order valence-electron chi connectivity index (χ1n) is 6.63. The average molecular weight is 262 g/mol. The Morgan fingerprint density at radius 2 is 2.16 bits per heavy atom. The highest BCUT2D eigenvalue weighted by molar-refractivity contribution is 5.95. The molecule has 1 amide bonds. The first kappa shape index (κ1) is 14.0. The molecule has 1 atom stereocenters. The van der Waals surface area contributed by atoms with E-state index in [0.717, 1.165) is 31.7 Å². The van der Waals surface area contributed by atoms with E-state index in [1.807, 2.05) is 24.3 Å². The number of rotatable bonds is 3. The molecule has 5 nitrogen and oxygen atoms in total. The van der Waals surface area contributed by atoms with Crippen molar-refractivity contribution < 1.29 is 4.79 Å². The smallest absolute Gasteiger partial charge is 0.265 e. The summed E-state index contributed by atoms with van der Waals surface area (Å²) in [6.45, 7) is 6.13. The number of likely N-dealkylation sites (N-methyl/N-ethyl adjacent to an activating group) is 1. The number of nitrogens with one attached hydrogen (secondary N) is 1. The Balaban J connectivity index is 2.09. The zero-order chi connectivity index (χ0) is 13.8. The number of hydrogen-bond donors (Lipinski definition) is 2. The number of nitrogens with two attached hydrogens (primary N) is 1. The summed E-state index contributed by atoms with van der Waals surface area (Å²) in [7, 11) is 2.15. The van der Waals surface area contributed by atoms with Gasteiger partial charge in [0.15, 0.2) is 0 Å². The predicted molar refractivity (Wildman–Crippen MR) is 75.5 cm³/mol. The third kappa shape index (κ3) is 3.32. The fraction of sp³-hybridized carbons (Fsp3) is 0.500. The Labute approximate surface area is 114 Å². The van der Waals surface area contributed by atoms with Gasteiger partial charge in [0.05, 0.1) is 0 Å². The molecule has 5 heteroatoms. The van der Waals surface area contributed by atoms with E-state index in [1.54, 1.807) is 0 Å². The van der Waals surface area contributed by atoms with E-state index in [-0.39, 0.29) is 5.91 Å². The highest BCUT2D eigenvalue weighted by Crippen LogP contribution is 2.15. The number of nitrogens with zero attached hydrogens (tertiary/aromatic N) is 2. The minimum atomic E-state index is -0.224. The largest absolute Gasteiger partial charge is 0.301 e. The lowest BCUT2D eigenvalue weighted by Crippen LogP contribution is -2.49. The molecule has 0 saturated carbocycles. The van der Waals surface area contributed by atoms with Crippen molar-refractivity contribution in [3.8, 4) is 0 Å². The molecule has 1 aromatic rings. The monoisotopic (exact) mass is 262 g/mol. The zero-order valence-electron chi connectivity index (χ0n) is 11.6. The maximum atomic E-state index is 11.7. The van der Waals surface area contributed by atoms with Crippen LogP contribution in [0.15, 0.2) is 24.3 Å². The summed E-state index contributed by atoms with van der Waals surface area (Å²) < 4.78 is 0. The second kappa shape index (κ2) is 6.14. The minimum Gasteiger partial charge on any atom is -0.301 e. The van der Waals surface area contributed by atoms with Crippen LogP contribution in [0.4, 0.5) is 0 Å². The van der Waals surface area contributed by atoms with E-state index >= 15 is 0 Å². The van der Waals surface area contributed by atoms with Crippen LogP contribution >= 0.6 is 0 Å². The van der Waals surface area contributed by atoms with Gasteiger partial charge in [-0.3, -0.25) is 15.1 Å². The first-order chi connectivity index (χ1) is 9.11. The van der Waals surface area contributed by atoms with E-state index in [1.165, 1.54) is 0 Å². The van der Waals surface area contributed by atoms with Crippen LogP contribution in [0.5, 0.6) is 0 Å². The van der Waals surface area contributed by atoms with Crippen molar-refractivity contribution in [2.24, 2.45) is 5.84 Å². The fourth-order valence-corrected chi connectivity index (χ4v) is 2.47. The molecule has 0 radical (unpaired) electrons. The van der Waals surface area contributed by atoms with Crippen LogP contribution in [-0.2, 0) is 6.54 Å². The summed E-state index contributed by atoms with van der Waals surface area (Å²) in [5.74, 6) is 5.00. The summed E-state index contributed by atoms with van der Waals surface area (Å²) in [6.07, 6.45) is 0. The molecule has 2 rings (SSSR count). The quantitative estimate of drug-likeness (QED) is 0.471. The standard InChI is InChI=1S/C14H22N4O/c1-11-9-18(8-7-17(11)2)10-12-5-3-4-6-13(12)14(19)16-15/h3-6,11H,7-10,15H2,1-2H3,(H,16,19). The molecule has 1 heterocycles. The van der Waals surface area contributed by atoms with Crippen LogP contribution < -0.4 is 11.3 Å². The van der Waals surface area contributed by atoms with Crippen LogP contribution in [-0.4, -0.2) is 48.4 Å². The molecule has 0 aromatic heterocycles. The third-order valence-electron chi connectivity index (χ3n) is 3.83. The summed E-state index contributed by atoms with van der Waals surface area (Å²) in [6, 6.07) is 8.18. The van der Waals surface area contributed by atoms with E-state index in [9.17, 15) is 4.79 Å². The molecule has 0 bridgehead atoms. The predicted octanol–water partition coefficient (Wildman–Crippen LogP) is 0.426. The van der Waals surface area contributed by atoms with Crippen LogP contribution in [0.3, 0.4) is 0 Å². The number of piperazine rings is 1. The maximum absolute atomic E-state index is 11.7. The minimum absolute atomic E-state index is 0.224. The molecule has 1 aromatic carbocycles. The SMILES string of the molecule is CC1CN(Cc2ccccc2C(=O)NN)CCN1C. The number of hydrogen-bond acceptors (Lipinski definition) is 4. The topological polar surface area (TPSA) is 61.6 Å². The van der Waals surface area contributed by atoms with E-state index in [0.29, 0.717) is 11.6 Å². The number of amides is 1. The lowest BCUT2D eigenvalue weighted by atomic mass is 10.1. The molecule has 19 heavy (non-hydrogen) atoms. The lowest BCUT2D eigenvalue weighted by molar-refractivity contribution is 0.0934. The molecule has 3 N–H and O–H groups in total. The van der Waals surface area contributed by atoms with Gasteiger partial charge in [-0.2, -0.15) is 0 Å². The Morgan fingerprint density at radius 1 is 1.42 bits per heavy atom. The van der Waals surface area contributed by atoms with Gasteiger partial charge in [0.1, 0.15) is 0 Å². The van der Waals surface area contributed by atoms with E-state index < -0.39 is 0 Å². The first-order valence-corrected chi connectivity index (χ1v) is 6.63. The van der Waals surface area contributed by atoms with Crippen molar-refractivity contribution in [1.82, 2.24) is 15.2 Å². The molecular weight excluding hydrogens is 240 g/mol. The molecule has 1 aliphatic rings. The maximum Gasteiger partial charge on any atom is 0.265 e. The summed E-state index contributed by atoms with van der Waals surface area (Å²) in [5.41, 5.74) is 3.90. The van der Waals surface area contributed by atoms with Gasteiger partial charge in [-0.25, -0.2) is 5.84 Å². The van der Waals surface area contributed by atoms with Gasteiger partial charge in [-0.05, 0) is 25.6 Å². The van der Waals surface area contributed by atoms with Crippen molar-refractivity contribution >= 4 is 5.91 Å². The van der Waals surface area contributed by atoms with Gasteiger partial charge < -0.3 is 4.90 Å². The molecule has 1 unspecified atom stereocenters. The van der Waals surface area contributed by atoms with E-state index in [2.05, 4.69) is 29.2 Å². The summed E-state index contributed by atoms with van der Waals surface area (Å²) >= 11 is 0. The van der Waals surface area contributed by atoms with Gasteiger partial charge in [0, 0.05) is 37.8 Å². The fourth-order valence-electron chi connectivity index (χ4n) is 2.47. The van der Waals surface area contributed by atoms with Crippen molar-refractivity contribution in [3.05, 3.63) is 35.4 Å². The Bertz CT molecular complexity index is 449. The highest BCUT2D eigenvalue weighted by atomic mass is 16.2. The number of hydrazine groups is 1. The van der Waals surface area contributed by atoms with Crippen LogP contribution in [0.2, 0.25) is 0 Å². The van der Waals surface area contributed by atoms with Crippen molar-refractivity contribution in [1.29, 1.82) is 0 Å². The molecule has 1 aliphatic heterocycles. The molecule has 104 valence electrons. The Morgan fingerprint density at radius 3 is 2.84 bits per heavy atom. The molecule has 0 spiro atoms. The summed E-state index contributed by atoms with van der Waals surface area (Å²) in [5, 5.41) is 0. The van der Waals surface area contributed by atoms with Gasteiger partial charge >= 0.3 is 0 Å². The summed E-state index contributed by atoms with van der Waals surface area (Å²) in [4.78, 5) is 16.5. The number of nitrogen functional groups attached to an aromatic ring is 1. The molecule has 0 aliphatic carbocycles. The van der Waals surface area contributed by atoms with Crippen LogP contribution in [0, 0.1) is 0 Å². The second-order valence-corrected chi connectivity index (χ2v) is 5.20. The Hall–Kier alpha value is -1.43. The van der Waals surface area contributed by atoms with Crippen LogP contribution in [0.1, 0.15) is 22.8 Å². The number of carbonyl (C=O) groups is 1. The number of benzene rings is 1.